The van der Waals surface area contributed by atoms with E-state index in [0.717, 1.165) is 6.07 Å². The lowest BCUT2D eigenvalue weighted by molar-refractivity contribution is -0.402. The van der Waals surface area contributed by atoms with Gasteiger partial charge >= 0.3 is 5.88 Å². The number of hydrogen-bond donors (Lipinski definition) is 1. The Balaban J connectivity index is 1.51. The lowest BCUT2D eigenvalue weighted by Crippen LogP contribution is -2.41. The van der Waals surface area contributed by atoms with Crippen molar-refractivity contribution in [3.8, 4) is 0 Å². The highest BCUT2D eigenvalue weighted by atomic mass is 32.2. The molecule has 1 amide bonds. The minimum absolute atomic E-state index is 0.110. The van der Waals surface area contributed by atoms with E-state index in [2.05, 4.69) is 10.3 Å². The molecule has 0 saturated carbocycles. The number of piperidine rings is 1. The minimum atomic E-state index is -3.56. The first-order valence-corrected chi connectivity index (χ1v) is 9.74. The zero-order valence-electron chi connectivity index (χ0n) is 14.3. The SMILES string of the molecule is O=C(NCC1CCN(S(=O)(=O)c2cccnc2)CC1)c1ccc([N+](=O)[O-])o1. The van der Waals surface area contributed by atoms with Crippen molar-refractivity contribution in [1.29, 1.82) is 0 Å². The van der Waals surface area contributed by atoms with E-state index in [9.17, 15) is 23.3 Å². The van der Waals surface area contributed by atoms with Crippen LogP contribution < -0.4 is 5.32 Å². The third-order valence-corrected chi connectivity index (χ3v) is 6.27. The molecule has 144 valence electrons. The molecular weight excluding hydrogens is 376 g/mol. The van der Waals surface area contributed by atoms with Gasteiger partial charge in [0.2, 0.25) is 10.0 Å². The number of amides is 1. The van der Waals surface area contributed by atoms with E-state index >= 15 is 0 Å². The van der Waals surface area contributed by atoms with Crippen LogP contribution in [0.2, 0.25) is 0 Å². The van der Waals surface area contributed by atoms with Crippen LogP contribution in [-0.4, -0.2) is 48.2 Å². The number of aromatic nitrogens is 1. The van der Waals surface area contributed by atoms with Crippen LogP contribution in [0.1, 0.15) is 23.4 Å². The van der Waals surface area contributed by atoms with Gasteiger partial charge in [0.05, 0.1) is 6.07 Å². The zero-order valence-corrected chi connectivity index (χ0v) is 15.1. The van der Waals surface area contributed by atoms with Crippen molar-refractivity contribution in [2.75, 3.05) is 19.6 Å². The predicted octanol–water partition coefficient (Wildman–Crippen LogP) is 1.41. The fourth-order valence-corrected chi connectivity index (χ4v) is 4.31. The lowest BCUT2D eigenvalue weighted by atomic mass is 9.98. The van der Waals surface area contributed by atoms with Gasteiger partial charge in [-0.25, -0.2) is 8.42 Å². The van der Waals surface area contributed by atoms with Crippen LogP contribution in [0.3, 0.4) is 0 Å². The second-order valence-electron chi connectivity index (χ2n) is 6.14. The second kappa shape index (κ2) is 7.84. The third-order valence-electron chi connectivity index (χ3n) is 4.39. The molecular formula is C16H18N4O6S. The Morgan fingerprint density at radius 2 is 2.07 bits per heavy atom. The molecule has 11 heteroatoms. The van der Waals surface area contributed by atoms with Crippen molar-refractivity contribution in [2.24, 2.45) is 5.92 Å². The van der Waals surface area contributed by atoms with E-state index in [4.69, 9.17) is 4.42 Å². The van der Waals surface area contributed by atoms with E-state index in [0.29, 0.717) is 32.5 Å². The van der Waals surface area contributed by atoms with Gasteiger partial charge in [0, 0.05) is 32.0 Å². The molecule has 1 saturated heterocycles. The number of carbonyl (C=O) groups is 1. The summed E-state index contributed by atoms with van der Waals surface area (Å²) < 4.78 is 31.4. The molecule has 3 rings (SSSR count). The molecule has 1 aliphatic rings. The Hall–Kier alpha value is -2.79. The van der Waals surface area contributed by atoms with Crippen LogP contribution in [0.25, 0.3) is 0 Å². The van der Waals surface area contributed by atoms with Crippen LogP contribution in [0, 0.1) is 16.0 Å². The average molecular weight is 394 g/mol. The number of sulfonamides is 1. The molecule has 1 fully saturated rings. The van der Waals surface area contributed by atoms with Crippen molar-refractivity contribution in [2.45, 2.75) is 17.7 Å². The molecule has 0 aliphatic carbocycles. The van der Waals surface area contributed by atoms with Gasteiger partial charge in [0.1, 0.15) is 9.82 Å². The fraction of sp³-hybridized carbons (Fsp3) is 0.375. The number of nitro groups is 1. The minimum Gasteiger partial charge on any atom is -0.395 e. The molecule has 0 spiro atoms. The third kappa shape index (κ3) is 4.31. The summed E-state index contributed by atoms with van der Waals surface area (Å²) >= 11 is 0. The number of rotatable bonds is 6. The maximum absolute atomic E-state index is 12.6. The summed E-state index contributed by atoms with van der Waals surface area (Å²) in [6, 6.07) is 5.46. The van der Waals surface area contributed by atoms with E-state index in [1.165, 1.54) is 28.8 Å². The van der Waals surface area contributed by atoms with E-state index in [-0.39, 0.29) is 16.6 Å². The number of hydrogen-bond acceptors (Lipinski definition) is 7. The first kappa shape index (κ1) is 19.0. The van der Waals surface area contributed by atoms with Gasteiger partial charge in [-0.2, -0.15) is 4.31 Å². The van der Waals surface area contributed by atoms with E-state index < -0.39 is 26.7 Å². The topological polar surface area (TPSA) is 136 Å². The molecule has 10 nitrogen and oxygen atoms in total. The first-order chi connectivity index (χ1) is 12.9. The number of nitrogens with zero attached hydrogens (tertiary/aromatic N) is 3. The highest BCUT2D eigenvalue weighted by Gasteiger charge is 2.29. The van der Waals surface area contributed by atoms with Crippen LogP contribution in [0.5, 0.6) is 0 Å². The molecule has 2 aromatic heterocycles. The molecule has 3 heterocycles. The average Bonchev–Trinajstić information content (AvgIpc) is 3.18. The molecule has 27 heavy (non-hydrogen) atoms. The molecule has 0 atom stereocenters. The summed E-state index contributed by atoms with van der Waals surface area (Å²) in [5, 5.41) is 13.3. The van der Waals surface area contributed by atoms with Crippen LogP contribution in [0.4, 0.5) is 5.88 Å². The van der Waals surface area contributed by atoms with Crippen molar-refractivity contribution in [3.05, 3.63) is 52.5 Å². The number of furan rings is 1. The normalized spacial score (nSPS) is 16.1. The monoisotopic (exact) mass is 394 g/mol. The summed E-state index contributed by atoms with van der Waals surface area (Å²) in [4.78, 5) is 25.9. The first-order valence-electron chi connectivity index (χ1n) is 8.30. The molecule has 0 aromatic carbocycles. The predicted molar refractivity (Wildman–Crippen MR) is 93.4 cm³/mol. The standard InChI is InChI=1S/C16H18N4O6S/c21-16(14-3-4-15(26-14)20(22)23)18-10-12-5-8-19(9-6-12)27(24,25)13-2-1-7-17-11-13/h1-4,7,11-12H,5-6,8-10H2,(H,18,21). The second-order valence-corrected chi connectivity index (χ2v) is 8.08. The van der Waals surface area contributed by atoms with Gasteiger partial charge in [0.25, 0.3) is 5.91 Å². The summed E-state index contributed by atoms with van der Waals surface area (Å²) in [7, 11) is -3.56. The highest BCUT2D eigenvalue weighted by molar-refractivity contribution is 7.89. The van der Waals surface area contributed by atoms with Crippen LogP contribution >= 0.6 is 0 Å². The Bertz CT molecular complexity index is 919. The molecule has 2 aromatic rings. The summed E-state index contributed by atoms with van der Waals surface area (Å²) in [5.41, 5.74) is 0. The molecule has 1 N–H and O–H groups in total. The van der Waals surface area contributed by atoms with Gasteiger partial charge < -0.3 is 9.73 Å². The maximum atomic E-state index is 12.6. The maximum Gasteiger partial charge on any atom is 0.433 e. The highest BCUT2D eigenvalue weighted by Crippen LogP contribution is 2.23. The smallest absolute Gasteiger partial charge is 0.395 e. The number of pyridine rings is 1. The fourth-order valence-electron chi connectivity index (χ4n) is 2.87. The van der Waals surface area contributed by atoms with Gasteiger partial charge in [-0.05, 0) is 37.0 Å². The molecule has 0 unspecified atom stereocenters. The van der Waals surface area contributed by atoms with Gasteiger partial charge in [-0.1, -0.05) is 0 Å². The zero-order chi connectivity index (χ0) is 19.4. The van der Waals surface area contributed by atoms with Crippen LogP contribution in [0.15, 0.2) is 46.0 Å². The largest absolute Gasteiger partial charge is 0.433 e. The summed E-state index contributed by atoms with van der Waals surface area (Å²) in [6.45, 7) is 1.04. The summed E-state index contributed by atoms with van der Waals surface area (Å²) in [5.74, 6) is -1.04. The molecule has 0 bridgehead atoms. The van der Waals surface area contributed by atoms with Gasteiger partial charge in [-0.3, -0.25) is 19.9 Å². The van der Waals surface area contributed by atoms with E-state index in [1.807, 2.05) is 0 Å². The van der Waals surface area contributed by atoms with Crippen molar-refractivity contribution < 1.29 is 22.6 Å². The Labute approximate surface area is 155 Å². The quantitative estimate of drug-likeness (QED) is 0.578. The Morgan fingerprint density at radius 3 is 2.67 bits per heavy atom. The van der Waals surface area contributed by atoms with Crippen molar-refractivity contribution in [3.63, 3.8) is 0 Å². The Morgan fingerprint density at radius 1 is 1.33 bits per heavy atom. The molecule has 0 radical (unpaired) electrons. The van der Waals surface area contributed by atoms with Crippen molar-refractivity contribution in [1.82, 2.24) is 14.6 Å². The van der Waals surface area contributed by atoms with Gasteiger partial charge in [-0.15, -0.1) is 0 Å². The van der Waals surface area contributed by atoms with Crippen LogP contribution in [-0.2, 0) is 10.0 Å². The van der Waals surface area contributed by atoms with E-state index in [1.54, 1.807) is 6.07 Å². The number of carbonyl (C=O) groups excluding carboxylic acids is 1. The Kier molecular flexibility index (Phi) is 5.51. The molecule has 1 aliphatic heterocycles. The van der Waals surface area contributed by atoms with Crippen molar-refractivity contribution >= 4 is 21.8 Å². The van der Waals surface area contributed by atoms with Gasteiger partial charge in [0.15, 0.2) is 5.76 Å². The number of nitrogens with one attached hydrogen (secondary N) is 1. The summed E-state index contributed by atoms with van der Waals surface area (Å²) in [6.07, 6.45) is 4.03. The lowest BCUT2D eigenvalue weighted by Gasteiger charge is -2.31.